The molecule has 0 spiro atoms. The van der Waals surface area contributed by atoms with Crippen molar-refractivity contribution in [1.29, 1.82) is 0 Å². The Bertz CT molecular complexity index is 121. The second-order valence-electron chi connectivity index (χ2n) is 3.39. The molecule has 0 bridgehead atoms. The fraction of sp³-hybridized carbons (Fsp3) is 1.00. The normalized spacial score (nSPS) is 25.4. The third-order valence-electron chi connectivity index (χ3n) is 2.30. The van der Waals surface area contributed by atoms with E-state index < -0.39 is 0 Å². The molecule has 1 aliphatic carbocycles. The lowest BCUT2D eigenvalue weighted by atomic mass is 9.97. The number of halogens is 2. The van der Waals surface area contributed by atoms with E-state index in [1.165, 1.54) is 12.8 Å². The number of hydrogen-bond donors (Lipinski definition) is 1. The minimum atomic E-state index is -0.359. The zero-order valence-corrected chi connectivity index (χ0v) is 9.70. The van der Waals surface area contributed by atoms with E-state index in [4.69, 9.17) is 0 Å². The van der Waals surface area contributed by atoms with Gasteiger partial charge >= 0.3 is 0 Å². The summed E-state index contributed by atoms with van der Waals surface area (Å²) in [5.74, 6) is 0. The molecule has 1 rings (SSSR count). The van der Waals surface area contributed by atoms with Crippen LogP contribution in [0.15, 0.2) is 0 Å². The molecule has 66 valence electrons. The number of hydrogen-bond acceptors (Lipinski definition) is 1. The highest BCUT2D eigenvalue weighted by atomic mass is 79.9. The molecule has 0 aromatic rings. The van der Waals surface area contributed by atoms with Crippen LogP contribution < -0.4 is 0 Å². The second kappa shape index (κ2) is 4.24. The van der Waals surface area contributed by atoms with E-state index >= 15 is 0 Å². The first-order valence-corrected chi connectivity index (χ1v) is 6.12. The molecule has 3 heteroatoms. The summed E-state index contributed by atoms with van der Waals surface area (Å²) in [6, 6.07) is 0. The molecular formula is C8H14Br2O. The Balaban J connectivity index is 2.33. The summed E-state index contributed by atoms with van der Waals surface area (Å²) in [6.07, 6.45) is 5.25. The molecule has 11 heavy (non-hydrogen) atoms. The second-order valence-corrected chi connectivity index (χ2v) is 5.33. The maximum Gasteiger partial charge on any atom is 0.0658 e. The standard InChI is InChI=1S/C8H14Br2O/c9-6-7(10)5-8(11)3-1-2-4-8/h7,11H,1-6H2. The van der Waals surface area contributed by atoms with E-state index in [-0.39, 0.29) is 5.60 Å². The van der Waals surface area contributed by atoms with E-state index in [1.807, 2.05) is 0 Å². The molecule has 0 aromatic carbocycles. The average molecular weight is 286 g/mol. The van der Waals surface area contributed by atoms with Gasteiger partial charge in [-0.1, -0.05) is 44.7 Å². The summed E-state index contributed by atoms with van der Waals surface area (Å²) in [5.41, 5.74) is -0.359. The van der Waals surface area contributed by atoms with Gasteiger partial charge in [0.25, 0.3) is 0 Å². The summed E-state index contributed by atoms with van der Waals surface area (Å²) >= 11 is 6.90. The van der Waals surface area contributed by atoms with E-state index in [0.29, 0.717) is 4.83 Å². The van der Waals surface area contributed by atoms with E-state index in [1.54, 1.807) is 0 Å². The van der Waals surface area contributed by atoms with E-state index in [0.717, 1.165) is 24.6 Å². The van der Waals surface area contributed by atoms with Crippen LogP contribution in [0.25, 0.3) is 0 Å². The highest BCUT2D eigenvalue weighted by molar-refractivity contribution is 9.12. The molecular weight excluding hydrogens is 272 g/mol. The summed E-state index contributed by atoms with van der Waals surface area (Å²) in [7, 11) is 0. The Kier molecular flexibility index (Phi) is 3.86. The van der Waals surface area contributed by atoms with Crippen molar-refractivity contribution in [3.8, 4) is 0 Å². The Morgan fingerprint density at radius 1 is 1.36 bits per heavy atom. The smallest absolute Gasteiger partial charge is 0.0658 e. The van der Waals surface area contributed by atoms with Crippen LogP contribution in [0.2, 0.25) is 0 Å². The molecule has 0 aliphatic heterocycles. The van der Waals surface area contributed by atoms with E-state index in [9.17, 15) is 5.11 Å². The van der Waals surface area contributed by atoms with Crippen LogP contribution >= 0.6 is 31.9 Å². The average Bonchev–Trinajstić information content (AvgIpc) is 2.36. The summed E-state index contributed by atoms with van der Waals surface area (Å²) in [4.78, 5) is 0.422. The van der Waals surface area contributed by atoms with Crippen molar-refractivity contribution in [2.24, 2.45) is 0 Å². The van der Waals surface area contributed by atoms with Crippen LogP contribution in [0.1, 0.15) is 32.1 Å². The highest BCUT2D eigenvalue weighted by Gasteiger charge is 2.32. The molecule has 1 unspecified atom stereocenters. The third-order valence-corrected chi connectivity index (χ3v) is 4.60. The quantitative estimate of drug-likeness (QED) is 0.791. The molecule has 0 amide bonds. The summed E-state index contributed by atoms with van der Waals surface area (Å²) in [5, 5.41) is 10.9. The minimum absolute atomic E-state index is 0.359. The van der Waals surface area contributed by atoms with Gasteiger partial charge in [0, 0.05) is 10.2 Å². The molecule has 1 nitrogen and oxygen atoms in total. The molecule has 1 aliphatic rings. The summed E-state index contributed by atoms with van der Waals surface area (Å²) in [6.45, 7) is 0. The van der Waals surface area contributed by atoms with Gasteiger partial charge in [0.1, 0.15) is 0 Å². The molecule has 0 heterocycles. The summed E-state index contributed by atoms with van der Waals surface area (Å²) < 4.78 is 0. The lowest BCUT2D eigenvalue weighted by molar-refractivity contribution is 0.0404. The molecule has 0 saturated heterocycles. The minimum Gasteiger partial charge on any atom is -0.390 e. The highest BCUT2D eigenvalue weighted by Crippen LogP contribution is 2.34. The van der Waals surface area contributed by atoms with Crippen LogP contribution in [-0.4, -0.2) is 20.9 Å². The maximum absolute atomic E-state index is 9.94. The van der Waals surface area contributed by atoms with E-state index in [2.05, 4.69) is 31.9 Å². The molecule has 1 N–H and O–H groups in total. The number of rotatable bonds is 3. The first-order valence-electron chi connectivity index (χ1n) is 4.09. The van der Waals surface area contributed by atoms with Crippen molar-refractivity contribution in [1.82, 2.24) is 0 Å². The first kappa shape index (κ1) is 10.0. The van der Waals surface area contributed by atoms with Crippen molar-refractivity contribution in [2.75, 3.05) is 5.33 Å². The Morgan fingerprint density at radius 2 is 1.91 bits per heavy atom. The van der Waals surface area contributed by atoms with Crippen molar-refractivity contribution < 1.29 is 5.11 Å². The van der Waals surface area contributed by atoms with Crippen molar-refractivity contribution in [3.05, 3.63) is 0 Å². The molecule has 1 atom stereocenters. The molecule has 0 radical (unpaired) electrons. The van der Waals surface area contributed by atoms with Crippen LogP contribution in [0.3, 0.4) is 0 Å². The first-order chi connectivity index (χ1) is 5.16. The van der Waals surface area contributed by atoms with Gasteiger partial charge in [-0.2, -0.15) is 0 Å². The zero-order valence-electron chi connectivity index (χ0n) is 6.52. The lowest BCUT2D eigenvalue weighted by Gasteiger charge is -2.23. The van der Waals surface area contributed by atoms with Gasteiger partial charge < -0.3 is 5.11 Å². The molecule has 0 aromatic heterocycles. The Labute approximate surface area is 84.8 Å². The van der Waals surface area contributed by atoms with Crippen LogP contribution in [0, 0.1) is 0 Å². The zero-order chi connectivity index (χ0) is 8.32. The van der Waals surface area contributed by atoms with Gasteiger partial charge in [0.15, 0.2) is 0 Å². The fourth-order valence-corrected chi connectivity index (χ4v) is 2.54. The lowest BCUT2D eigenvalue weighted by Crippen LogP contribution is -2.28. The number of alkyl halides is 2. The van der Waals surface area contributed by atoms with Gasteiger partial charge in [-0.25, -0.2) is 0 Å². The topological polar surface area (TPSA) is 20.2 Å². The number of aliphatic hydroxyl groups is 1. The molecule has 1 saturated carbocycles. The predicted molar refractivity (Wildman–Crippen MR) is 54.5 cm³/mol. The van der Waals surface area contributed by atoms with Crippen LogP contribution in [-0.2, 0) is 0 Å². The van der Waals surface area contributed by atoms with Gasteiger partial charge in [-0.05, 0) is 19.3 Å². The van der Waals surface area contributed by atoms with Gasteiger partial charge in [-0.3, -0.25) is 0 Å². The van der Waals surface area contributed by atoms with Crippen molar-refractivity contribution in [2.45, 2.75) is 42.5 Å². The van der Waals surface area contributed by atoms with Gasteiger partial charge in [0.05, 0.1) is 5.60 Å². The van der Waals surface area contributed by atoms with Crippen LogP contribution in [0.5, 0.6) is 0 Å². The maximum atomic E-state index is 9.94. The Morgan fingerprint density at radius 3 is 2.36 bits per heavy atom. The van der Waals surface area contributed by atoms with Crippen molar-refractivity contribution in [3.63, 3.8) is 0 Å². The fourth-order valence-electron chi connectivity index (χ4n) is 1.70. The largest absolute Gasteiger partial charge is 0.390 e. The third kappa shape index (κ3) is 3.03. The van der Waals surface area contributed by atoms with Crippen molar-refractivity contribution >= 4 is 31.9 Å². The SMILES string of the molecule is OC1(CC(Br)CBr)CCCC1. The predicted octanol–water partition coefficient (Wildman–Crippen LogP) is 2.84. The monoisotopic (exact) mass is 284 g/mol. The Hall–Kier alpha value is 0.920. The molecule has 1 fully saturated rings. The van der Waals surface area contributed by atoms with Crippen LogP contribution in [0.4, 0.5) is 0 Å². The van der Waals surface area contributed by atoms with Gasteiger partial charge in [-0.15, -0.1) is 0 Å². The van der Waals surface area contributed by atoms with Gasteiger partial charge in [0.2, 0.25) is 0 Å².